The van der Waals surface area contributed by atoms with E-state index in [9.17, 15) is 8.42 Å². The molecule has 0 spiro atoms. The normalized spacial score (nSPS) is 24.8. The molecule has 0 aromatic heterocycles. The molecule has 0 saturated carbocycles. The molecule has 178 valence electrons. The van der Waals surface area contributed by atoms with Gasteiger partial charge in [0.2, 0.25) is 10.0 Å². The second-order valence-electron chi connectivity index (χ2n) is 11.1. The molecule has 4 nitrogen and oxygen atoms in total. The minimum atomic E-state index is -3.68. The van der Waals surface area contributed by atoms with E-state index in [-0.39, 0.29) is 22.9 Å². The van der Waals surface area contributed by atoms with Crippen molar-refractivity contribution in [3.8, 4) is 0 Å². The van der Waals surface area contributed by atoms with Crippen LogP contribution in [0.4, 0.5) is 5.69 Å². The summed E-state index contributed by atoms with van der Waals surface area (Å²) in [5.74, 6) is 0.0397. The number of benzene rings is 3. The number of fused-ring (bicyclic) bond motifs is 3. The summed E-state index contributed by atoms with van der Waals surface area (Å²) >= 11 is 0. The Morgan fingerprint density at radius 3 is 2.15 bits per heavy atom. The monoisotopic (exact) mass is 474 g/mol. The van der Waals surface area contributed by atoms with Gasteiger partial charge in [-0.3, -0.25) is 0 Å². The van der Waals surface area contributed by atoms with E-state index in [1.165, 1.54) is 16.7 Å². The standard InChI is InChI=1S/C29H34N2O2S/c1-20-11-17-23(18-12-20)34(32,33)31-19-25(21-13-15-22(16-14-21)28(2,3)4)29(5)24-9-7-8-10-26(24)30(6)27(29)31/h7-18,25,27H,19H2,1-6H3/t25-,27-,29+/m0/s1. The molecule has 2 aliphatic rings. The average molecular weight is 475 g/mol. The van der Waals surface area contributed by atoms with E-state index >= 15 is 0 Å². The van der Waals surface area contributed by atoms with Crippen LogP contribution < -0.4 is 4.90 Å². The number of likely N-dealkylation sites (N-methyl/N-ethyl adjacent to an activating group) is 1. The Morgan fingerprint density at radius 1 is 0.912 bits per heavy atom. The van der Waals surface area contributed by atoms with Crippen molar-refractivity contribution in [3.63, 3.8) is 0 Å². The molecule has 1 saturated heterocycles. The first-order chi connectivity index (χ1) is 16.0. The summed E-state index contributed by atoms with van der Waals surface area (Å²) in [4.78, 5) is 2.51. The Labute approximate surface area is 204 Å². The molecule has 34 heavy (non-hydrogen) atoms. The van der Waals surface area contributed by atoms with Gasteiger partial charge in [-0.2, -0.15) is 4.31 Å². The van der Waals surface area contributed by atoms with Crippen LogP contribution in [0.5, 0.6) is 0 Å². The van der Waals surface area contributed by atoms with Crippen molar-refractivity contribution >= 4 is 15.7 Å². The number of sulfonamides is 1. The van der Waals surface area contributed by atoms with Gasteiger partial charge in [0.05, 0.1) is 4.90 Å². The molecule has 3 atom stereocenters. The Balaban J connectivity index is 1.65. The van der Waals surface area contributed by atoms with Crippen molar-refractivity contribution < 1.29 is 8.42 Å². The lowest BCUT2D eigenvalue weighted by atomic mass is 9.70. The van der Waals surface area contributed by atoms with Crippen molar-refractivity contribution in [1.29, 1.82) is 0 Å². The van der Waals surface area contributed by atoms with Gasteiger partial charge in [-0.1, -0.05) is 87.9 Å². The summed E-state index contributed by atoms with van der Waals surface area (Å²) in [6, 6.07) is 24.4. The second-order valence-corrected chi connectivity index (χ2v) is 13.0. The molecule has 0 radical (unpaired) electrons. The van der Waals surface area contributed by atoms with Crippen LogP contribution in [0.15, 0.2) is 77.7 Å². The molecule has 2 heterocycles. The highest BCUT2D eigenvalue weighted by molar-refractivity contribution is 7.89. The Kier molecular flexibility index (Phi) is 5.23. The zero-order valence-electron chi connectivity index (χ0n) is 20.9. The largest absolute Gasteiger partial charge is 0.357 e. The molecular formula is C29H34N2O2S. The van der Waals surface area contributed by atoms with Gasteiger partial charge < -0.3 is 4.90 Å². The number of hydrogen-bond acceptors (Lipinski definition) is 3. The third-order valence-corrected chi connectivity index (χ3v) is 9.77. The molecule has 5 rings (SSSR count). The van der Waals surface area contributed by atoms with Gasteiger partial charge in [0.25, 0.3) is 0 Å². The molecule has 3 aromatic carbocycles. The zero-order valence-corrected chi connectivity index (χ0v) is 21.7. The molecule has 0 N–H and O–H groups in total. The summed E-state index contributed by atoms with van der Waals surface area (Å²) in [5.41, 5.74) is 5.54. The first-order valence-corrected chi connectivity index (χ1v) is 13.4. The van der Waals surface area contributed by atoms with Gasteiger partial charge in [0, 0.05) is 30.6 Å². The number of aryl methyl sites for hydroxylation is 1. The van der Waals surface area contributed by atoms with Crippen molar-refractivity contribution in [3.05, 3.63) is 95.1 Å². The maximum absolute atomic E-state index is 14.0. The minimum Gasteiger partial charge on any atom is -0.357 e. The summed E-state index contributed by atoms with van der Waals surface area (Å²) in [5, 5.41) is 0. The van der Waals surface area contributed by atoms with Gasteiger partial charge in [0.1, 0.15) is 6.17 Å². The predicted octanol–water partition coefficient (Wildman–Crippen LogP) is 5.81. The summed E-state index contributed by atoms with van der Waals surface area (Å²) in [6.07, 6.45) is -0.288. The van der Waals surface area contributed by atoms with Gasteiger partial charge >= 0.3 is 0 Å². The number of para-hydroxylation sites is 1. The van der Waals surface area contributed by atoms with E-state index < -0.39 is 10.0 Å². The molecular weight excluding hydrogens is 440 g/mol. The van der Waals surface area contributed by atoms with Crippen LogP contribution in [0.2, 0.25) is 0 Å². The number of anilines is 1. The van der Waals surface area contributed by atoms with Gasteiger partial charge in [0.15, 0.2) is 0 Å². The van der Waals surface area contributed by atoms with Crippen molar-refractivity contribution in [2.24, 2.45) is 0 Å². The van der Waals surface area contributed by atoms with Crippen LogP contribution >= 0.6 is 0 Å². The molecule has 0 amide bonds. The van der Waals surface area contributed by atoms with Crippen LogP contribution in [-0.2, 0) is 20.9 Å². The predicted molar refractivity (Wildman–Crippen MR) is 139 cm³/mol. The van der Waals surface area contributed by atoms with Crippen LogP contribution in [0.3, 0.4) is 0 Å². The first-order valence-electron chi connectivity index (χ1n) is 12.0. The third-order valence-electron chi connectivity index (χ3n) is 7.93. The van der Waals surface area contributed by atoms with E-state index in [1.54, 1.807) is 16.4 Å². The molecule has 0 bridgehead atoms. The Hall–Kier alpha value is -2.63. The van der Waals surface area contributed by atoms with E-state index in [0.717, 1.165) is 11.3 Å². The van der Waals surface area contributed by atoms with Crippen LogP contribution in [0, 0.1) is 6.92 Å². The summed E-state index contributed by atoms with van der Waals surface area (Å²) < 4.78 is 29.7. The van der Waals surface area contributed by atoms with E-state index in [4.69, 9.17) is 0 Å². The molecule has 5 heteroatoms. The van der Waals surface area contributed by atoms with Gasteiger partial charge in [-0.05, 0) is 47.2 Å². The zero-order chi connectivity index (χ0) is 24.5. The number of hydrogen-bond donors (Lipinski definition) is 0. The molecule has 2 aliphatic heterocycles. The van der Waals surface area contributed by atoms with E-state index in [1.807, 2.05) is 32.2 Å². The lowest BCUT2D eigenvalue weighted by molar-refractivity contribution is 0.324. The van der Waals surface area contributed by atoms with E-state index in [2.05, 4.69) is 75.1 Å². The summed E-state index contributed by atoms with van der Waals surface area (Å²) in [7, 11) is -1.65. The first kappa shape index (κ1) is 23.1. The topological polar surface area (TPSA) is 40.6 Å². The van der Waals surface area contributed by atoms with Gasteiger partial charge in [-0.15, -0.1) is 0 Å². The van der Waals surface area contributed by atoms with Gasteiger partial charge in [-0.25, -0.2) is 8.42 Å². The fourth-order valence-corrected chi connectivity index (χ4v) is 7.70. The number of rotatable bonds is 3. The molecule has 1 fully saturated rings. The molecule has 3 aromatic rings. The molecule has 0 unspecified atom stereocenters. The quantitative estimate of drug-likeness (QED) is 0.481. The maximum atomic E-state index is 14.0. The van der Waals surface area contributed by atoms with E-state index in [0.29, 0.717) is 11.4 Å². The Morgan fingerprint density at radius 2 is 1.53 bits per heavy atom. The highest BCUT2D eigenvalue weighted by Gasteiger charge is 2.61. The second kappa shape index (κ2) is 7.69. The fraction of sp³-hybridized carbons (Fsp3) is 0.379. The SMILES string of the molecule is Cc1ccc(S(=O)(=O)N2C[C@@H](c3ccc(C(C)(C)C)cc3)[C@@]3(C)c4ccccc4N(C)[C@@H]23)cc1. The average Bonchev–Trinajstić information content (AvgIpc) is 3.23. The smallest absolute Gasteiger partial charge is 0.244 e. The third kappa shape index (κ3) is 3.32. The minimum absolute atomic E-state index is 0.0397. The lowest BCUT2D eigenvalue weighted by Gasteiger charge is -2.35. The van der Waals surface area contributed by atoms with Crippen molar-refractivity contribution in [2.75, 3.05) is 18.5 Å². The number of nitrogens with zero attached hydrogens (tertiary/aromatic N) is 2. The maximum Gasteiger partial charge on any atom is 0.244 e. The highest BCUT2D eigenvalue weighted by atomic mass is 32.2. The fourth-order valence-electron chi connectivity index (χ4n) is 5.98. The van der Waals surface area contributed by atoms with Crippen LogP contribution in [0.1, 0.15) is 55.9 Å². The van der Waals surface area contributed by atoms with Crippen molar-refractivity contribution in [1.82, 2.24) is 4.31 Å². The lowest BCUT2D eigenvalue weighted by Crippen LogP contribution is -2.49. The highest BCUT2D eigenvalue weighted by Crippen LogP contribution is 2.58. The van der Waals surface area contributed by atoms with Crippen LogP contribution in [0.25, 0.3) is 0 Å². The Bertz CT molecular complexity index is 1320. The molecule has 0 aliphatic carbocycles. The van der Waals surface area contributed by atoms with Crippen LogP contribution in [-0.4, -0.2) is 32.5 Å². The van der Waals surface area contributed by atoms with Crippen molar-refractivity contribution in [2.45, 2.75) is 62.4 Å². The summed E-state index contributed by atoms with van der Waals surface area (Å²) in [6.45, 7) is 11.3.